The summed E-state index contributed by atoms with van der Waals surface area (Å²) in [7, 11) is 1.66. The largest absolute Gasteiger partial charge is 0.497 e. The third kappa shape index (κ3) is 7.14. The van der Waals surface area contributed by atoms with E-state index in [4.69, 9.17) is 4.74 Å². The van der Waals surface area contributed by atoms with E-state index >= 15 is 0 Å². The maximum Gasteiger partial charge on any atom is 0.234 e. The first-order chi connectivity index (χ1) is 10.2. The minimum atomic E-state index is 0.116. The molecule has 0 saturated heterocycles. The van der Waals surface area contributed by atoms with E-state index in [1.54, 1.807) is 7.11 Å². The van der Waals surface area contributed by atoms with Crippen LogP contribution in [0.25, 0.3) is 0 Å². The van der Waals surface area contributed by atoms with Gasteiger partial charge in [0.15, 0.2) is 0 Å². The number of nitrogens with one attached hydrogen (secondary N) is 1. The average molecular weight is 292 g/mol. The summed E-state index contributed by atoms with van der Waals surface area (Å²) in [6.45, 7) is 7.44. The standard InChI is InChI=1S/C17H28N2O2/c1-4-12-19(13-5-2)14-17(20)18-11-10-15-6-8-16(21-3)9-7-15/h6-9H,4-5,10-14H2,1-3H3,(H,18,20). The van der Waals surface area contributed by atoms with Crippen LogP contribution >= 0.6 is 0 Å². The summed E-state index contributed by atoms with van der Waals surface area (Å²) in [5.41, 5.74) is 1.20. The van der Waals surface area contributed by atoms with Gasteiger partial charge in [0.05, 0.1) is 13.7 Å². The molecule has 0 aliphatic rings. The lowest BCUT2D eigenvalue weighted by Gasteiger charge is -2.20. The summed E-state index contributed by atoms with van der Waals surface area (Å²) in [6, 6.07) is 7.96. The normalized spacial score (nSPS) is 10.7. The number of hydrogen-bond donors (Lipinski definition) is 1. The van der Waals surface area contributed by atoms with E-state index in [2.05, 4.69) is 24.1 Å². The first-order valence-electron chi connectivity index (χ1n) is 7.81. The van der Waals surface area contributed by atoms with Crippen LogP contribution in [0.3, 0.4) is 0 Å². The molecule has 0 spiro atoms. The summed E-state index contributed by atoms with van der Waals surface area (Å²) >= 11 is 0. The van der Waals surface area contributed by atoms with Crippen LogP contribution in [0.1, 0.15) is 32.3 Å². The van der Waals surface area contributed by atoms with E-state index in [1.165, 1.54) is 5.56 Å². The highest BCUT2D eigenvalue weighted by atomic mass is 16.5. The summed E-state index contributed by atoms with van der Waals surface area (Å²) < 4.78 is 5.13. The van der Waals surface area contributed by atoms with Gasteiger partial charge < -0.3 is 10.1 Å². The lowest BCUT2D eigenvalue weighted by Crippen LogP contribution is -2.38. The number of amides is 1. The molecule has 1 N–H and O–H groups in total. The molecule has 0 saturated carbocycles. The Morgan fingerprint density at radius 1 is 1.14 bits per heavy atom. The quantitative estimate of drug-likeness (QED) is 0.720. The van der Waals surface area contributed by atoms with Crippen molar-refractivity contribution >= 4 is 5.91 Å². The summed E-state index contributed by atoms with van der Waals surface area (Å²) in [5, 5.41) is 3.00. The number of carbonyl (C=O) groups is 1. The van der Waals surface area contributed by atoms with Crippen LogP contribution in [0, 0.1) is 0 Å². The van der Waals surface area contributed by atoms with Crippen molar-refractivity contribution in [2.75, 3.05) is 33.3 Å². The molecule has 4 nitrogen and oxygen atoms in total. The molecule has 1 amide bonds. The summed E-state index contributed by atoms with van der Waals surface area (Å²) in [4.78, 5) is 14.1. The van der Waals surface area contributed by atoms with E-state index in [0.29, 0.717) is 13.1 Å². The number of methoxy groups -OCH3 is 1. The molecule has 1 aromatic rings. The molecule has 0 aromatic heterocycles. The Bertz CT molecular complexity index is 398. The van der Waals surface area contributed by atoms with E-state index in [1.807, 2.05) is 24.3 Å². The number of nitrogens with zero attached hydrogens (tertiary/aromatic N) is 1. The fourth-order valence-electron chi connectivity index (χ4n) is 2.30. The van der Waals surface area contributed by atoms with Crippen molar-refractivity contribution in [1.29, 1.82) is 0 Å². The van der Waals surface area contributed by atoms with Gasteiger partial charge >= 0.3 is 0 Å². The number of ether oxygens (including phenoxy) is 1. The minimum Gasteiger partial charge on any atom is -0.497 e. The predicted molar refractivity (Wildman–Crippen MR) is 86.7 cm³/mol. The molecule has 1 rings (SSSR count). The third-order valence-corrected chi connectivity index (χ3v) is 3.34. The maximum atomic E-state index is 11.9. The van der Waals surface area contributed by atoms with Crippen LogP contribution in [-0.2, 0) is 11.2 Å². The van der Waals surface area contributed by atoms with Crippen LogP contribution in [-0.4, -0.2) is 44.1 Å². The van der Waals surface area contributed by atoms with Crippen molar-refractivity contribution in [3.63, 3.8) is 0 Å². The molecule has 0 heterocycles. The zero-order valence-electron chi connectivity index (χ0n) is 13.5. The Balaban J connectivity index is 2.28. The van der Waals surface area contributed by atoms with E-state index in [0.717, 1.165) is 38.1 Å². The van der Waals surface area contributed by atoms with Crippen molar-refractivity contribution in [2.45, 2.75) is 33.1 Å². The highest BCUT2D eigenvalue weighted by Gasteiger charge is 2.08. The average Bonchev–Trinajstić information content (AvgIpc) is 2.48. The van der Waals surface area contributed by atoms with Gasteiger partial charge in [0, 0.05) is 6.54 Å². The second kappa shape index (κ2) is 10.2. The number of carbonyl (C=O) groups excluding carboxylic acids is 1. The minimum absolute atomic E-state index is 0.116. The predicted octanol–water partition coefficient (Wildman–Crippen LogP) is 2.48. The van der Waals surface area contributed by atoms with E-state index in [-0.39, 0.29) is 5.91 Å². The third-order valence-electron chi connectivity index (χ3n) is 3.34. The van der Waals surface area contributed by atoms with Crippen molar-refractivity contribution in [3.05, 3.63) is 29.8 Å². The molecule has 0 aliphatic heterocycles. The van der Waals surface area contributed by atoms with Gasteiger partial charge in [-0.05, 0) is 50.0 Å². The highest BCUT2D eigenvalue weighted by molar-refractivity contribution is 5.78. The van der Waals surface area contributed by atoms with E-state index in [9.17, 15) is 4.79 Å². The van der Waals surface area contributed by atoms with Gasteiger partial charge in [-0.2, -0.15) is 0 Å². The zero-order chi connectivity index (χ0) is 15.5. The fourth-order valence-corrected chi connectivity index (χ4v) is 2.30. The molecule has 4 heteroatoms. The highest BCUT2D eigenvalue weighted by Crippen LogP contribution is 2.11. The first kappa shape index (κ1) is 17.5. The van der Waals surface area contributed by atoms with Gasteiger partial charge in [-0.25, -0.2) is 0 Å². The van der Waals surface area contributed by atoms with Crippen molar-refractivity contribution in [2.24, 2.45) is 0 Å². The van der Waals surface area contributed by atoms with Crippen LogP contribution in [0.4, 0.5) is 0 Å². The Labute approximate surface area is 128 Å². The molecular weight excluding hydrogens is 264 g/mol. The smallest absolute Gasteiger partial charge is 0.234 e. The number of hydrogen-bond acceptors (Lipinski definition) is 3. The Hall–Kier alpha value is -1.55. The molecule has 21 heavy (non-hydrogen) atoms. The maximum absolute atomic E-state index is 11.9. The zero-order valence-corrected chi connectivity index (χ0v) is 13.5. The second-order valence-electron chi connectivity index (χ2n) is 5.22. The second-order valence-corrected chi connectivity index (χ2v) is 5.22. The van der Waals surface area contributed by atoms with Gasteiger partial charge in [-0.15, -0.1) is 0 Å². The number of rotatable bonds is 10. The summed E-state index contributed by atoms with van der Waals surface area (Å²) in [6.07, 6.45) is 3.01. The van der Waals surface area contributed by atoms with Gasteiger partial charge in [0.1, 0.15) is 5.75 Å². The van der Waals surface area contributed by atoms with Crippen LogP contribution in [0.5, 0.6) is 5.75 Å². The summed E-state index contributed by atoms with van der Waals surface area (Å²) in [5.74, 6) is 0.975. The van der Waals surface area contributed by atoms with Gasteiger partial charge in [-0.1, -0.05) is 26.0 Å². The monoisotopic (exact) mass is 292 g/mol. The molecule has 0 bridgehead atoms. The van der Waals surface area contributed by atoms with Crippen molar-refractivity contribution in [3.8, 4) is 5.75 Å². The van der Waals surface area contributed by atoms with Crippen molar-refractivity contribution < 1.29 is 9.53 Å². The molecule has 118 valence electrons. The first-order valence-corrected chi connectivity index (χ1v) is 7.81. The van der Waals surface area contributed by atoms with Crippen molar-refractivity contribution in [1.82, 2.24) is 10.2 Å². The fraction of sp³-hybridized carbons (Fsp3) is 0.588. The van der Waals surface area contributed by atoms with Gasteiger partial charge in [-0.3, -0.25) is 9.69 Å². The Morgan fingerprint density at radius 3 is 2.29 bits per heavy atom. The lowest BCUT2D eigenvalue weighted by atomic mass is 10.1. The SMILES string of the molecule is CCCN(CCC)CC(=O)NCCc1ccc(OC)cc1. The molecule has 0 aliphatic carbocycles. The molecule has 1 aromatic carbocycles. The lowest BCUT2D eigenvalue weighted by molar-refractivity contribution is -0.122. The number of benzene rings is 1. The van der Waals surface area contributed by atoms with Gasteiger partial charge in [0.25, 0.3) is 0 Å². The van der Waals surface area contributed by atoms with E-state index < -0.39 is 0 Å². The molecule has 0 radical (unpaired) electrons. The van der Waals surface area contributed by atoms with Crippen LogP contribution in [0.15, 0.2) is 24.3 Å². The molecule has 0 atom stereocenters. The molecular formula is C17H28N2O2. The Morgan fingerprint density at radius 2 is 1.76 bits per heavy atom. The van der Waals surface area contributed by atoms with Crippen LogP contribution < -0.4 is 10.1 Å². The Kier molecular flexibility index (Phi) is 8.51. The molecule has 0 unspecified atom stereocenters. The van der Waals surface area contributed by atoms with Crippen LogP contribution in [0.2, 0.25) is 0 Å². The molecule has 0 fully saturated rings. The topological polar surface area (TPSA) is 41.6 Å². The van der Waals surface area contributed by atoms with Gasteiger partial charge in [0.2, 0.25) is 5.91 Å².